The van der Waals surface area contributed by atoms with Crippen LogP contribution in [0.4, 0.5) is 0 Å². The molecule has 29 heavy (non-hydrogen) atoms. The maximum atomic E-state index is 12.8. The molecule has 0 aliphatic rings. The zero-order chi connectivity index (χ0) is 20.2. The standard InChI is InChI=1S/C25H18O4/c1-17-7-9-18(10-8-17)11-14-24(26)29-20-12-13-21-23(15-20)28-16-22(25(21)27)19-5-3-2-4-6-19/h2-16H,1H3. The lowest BCUT2D eigenvalue weighted by atomic mass is 10.1. The minimum atomic E-state index is -0.506. The van der Waals surface area contributed by atoms with Crippen LogP contribution < -0.4 is 10.2 Å². The van der Waals surface area contributed by atoms with E-state index in [4.69, 9.17) is 9.15 Å². The van der Waals surface area contributed by atoms with Crippen molar-refractivity contribution in [3.05, 3.63) is 106 Å². The summed E-state index contributed by atoms with van der Waals surface area (Å²) in [6, 6.07) is 21.9. The maximum Gasteiger partial charge on any atom is 0.336 e. The molecule has 0 unspecified atom stereocenters. The van der Waals surface area contributed by atoms with Gasteiger partial charge in [0.2, 0.25) is 0 Å². The highest BCUT2D eigenvalue weighted by Gasteiger charge is 2.10. The highest BCUT2D eigenvalue weighted by molar-refractivity contribution is 5.89. The molecule has 142 valence electrons. The fraction of sp³-hybridized carbons (Fsp3) is 0.0400. The Bertz CT molecular complexity index is 1250. The summed E-state index contributed by atoms with van der Waals surface area (Å²) in [5, 5.41) is 0.432. The number of hydrogen-bond donors (Lipinski definition) is 0. The van der Waals surface area contributed by atoms with E-state index < -0.39 is 5.97 Å². The van der Waals surface area contributed by atoms with E-state index in [-0.39, 0.29) is 5.43 Å². The van der Waals surface area contributed by atoms with E-state index in [1.807, 2.05) is 61.5 Å². The van der Waals surface area contributed by atoms with Crippen molar-refractivity contribution >= 4 is 23.0 Å². The van der Waals surface area contributed by atoms with Crippen molar-refractivity contribution < 1.29 is 13.9 Å². The lowest BCUT2D eigenvalue weighted by molar-refractivity contribution is -0.128. The molecule has 1 heterocycles. The molecule has 0 radical (unpaired) electrons. The van der Waals surface area contributed by atoms with E-state index in [0.29, 0.717) is 22.3 Å². The van der Waals surface area contributed by atoms with Gasteiger partial charge < -0.3 is 9.15 Å². The maximum absolute atomic E-state index is 12.8. The van der Waals surface area contributed by atoms with Crippen molar-refractivity contribution in [2.45, 2.75) is 6.92 Å². The molecular weight excluding hydrogens is 364 g/mol. The van der Waals surface area contributed by atoms with Crippen LogP contribution in [0.3, 0.4) is 0 Å². The Morgan fingerprint density at radius 1 is 0.966 bits per heavy atom. The van der Waals surface area contributed by atoms with E-state index in [1.54, 1.807) is 24.3 Å². The fourth-order valence-corrected chi connectivity index (χ4v) is 2.98. The highest BCUT2D eigenvalue weighted by Crippen LogP contribution is 2.23. The van der Waals surface area contributed by atoms with E-state index in [1.165, 1.54) is 12.3 Å². The van der Waals surface area contributed by atoms with Gasteiger partial charge in [0.05, 0.1) is 10.9 Å². The third kappa shape index (κ3) is 4.17. The highest BCUT2D eigenvalue weighted by atomic mass is 16.5. The van der Waals surface area contributed by atoms with Gasteiger partial charge in [0.25, 0.3) is 0 Å². The SMILES string of the molecule is Cc1ccc(C=CC(=O)Oc2ccc3c(=O)c(-c4ccccc4)coc3c2)cc1. The smallest absolute Gasteiger partial charge is 0.336 e. The molecule has 0 saturated heterocycles. The first-order valence-electron chi connectivity index (χ1n) is 9.18. The lowest BCUT2D eigenvalue weighted by Crippen LogP contribution is -2.06. The summed E-state index contributed by atoms with van der Waals surface area (Å²) < 4.78 is 11.0. The van der Waals surface area contributed by atoms with E-state index >= 15 is 0 Å². The molecule has 0 atom stereocenters. The summed E-state index contributed by atoms with van der Waals surface area (Å²) >= 11 is 0. The molecule has 0 N–H and O–H groups in total. The van der Waals surface area contributed by atoms with Gasteiger partial charge in [-0.15, -0.1) is 0 Å². The van der Waals surface area contributed by atoms with Gasteiger partial charge in [0, 0.05) is 12.1 Å². The number of aryl methyl sites for hydroxylation is 1. The summed E-state index contributed by atoms with van der Waals surface area (Å²) in [5.41, 5.74) is 3.57. The summed E-state index contributed by atoms with van der Waals surface area (Å²) in [5.74, 6) is -0.195. The number of esters is 1. The van der Waals surface area contributed by atoms with Crippen LogP contribution in [0, 0.1) is 6.92 Å². The molecule has 0 aliphatic carbocycles. The molecule has 3 aromatic carbocycles. The zero-order valence-electron chi connectivity index (χ0n) is 15.8. The molecule has 0 bridgehead atoms. The second-order valence-electron chi connectivity index (χ2n) is 6.67. The number of rotatable bonds is 4. The second kappa shape index (κ2) is 7.98. The van der Waals surface area contributed by atoms with E-state index in [2.05, 4.69) is 0 Å². The Morgan fingerprint density at radius 2 is 1.72 bits per heavy atom. The third-order valence-corrected chi connectivity index (χ3v) is 4.54. The van der Waals surface area contributed by atoms with Crippen molar-refractivity contribution in [2.75, 3.05) is 0 Å². The molecule has 0 amide bonds. The van der Waals surface area contributed by atoms with Crippen LogP contribution in [0.2, 0.25) is 0 Å². The zero-order valence-corrected chi connectivity index (χ0v) is 15.8. The van der Waals surface area contributed by atoms with Gasteiger partial charge in [0.15, 0.2) is 5.43 Å². The molecule has 4 rings (SSSR count). The molecule has 1 aromatic heterocycles. The van der Waals surface area contributed by atoms with Gasteiger partial charge in [0.1, 0.15) is 17.6 Å². The molecule has 0 spiro atoms. The predicted molar refractivity (Wildman–Crippen MR) is 114 cm³/mol. The van der Waals surface area contributed by atoms with E-state index in [0.717, 1.165) is 16.7 Å². The Hall–Kier alpha value is -3.92. The van der Waals surface area contributed by atoms with Crippen LogP contribution in [0.5, 0.6) is 5.75 Å². The van der Waals surface area contributed by atoms with Crippen LogP contribution in [-0.4, -0.2) is 5.97 Å². The van der Waals surface area contributed by atoms with E-state index in [9.17, 15) is 9.59 Å². The number of hydrogen-bond acceptors (Lipinski definition) is 4. The summed E-state index contributed by atoms with van der Waals surface area (Å²) in [4.78, 5) is 24.9. The Labute approximate surface area is 167 Å². The minimum Gasteiger partial charge on any atom is -0.463 e. The number of benzene rings is 3. The van der Waals surface area contributed by atoms with Crippen LogP contribution in [0.15, 0.2) is 94.3 Å². The molecule has 4 heteroatoms. The summed E-state index contributed by atoms with van der Waals surface area (Å²) in [6.45, 7) is 2.00. The number of carbonyl (C=O) groups is 1. The van der Waals surface area contributed by atoms with Crippen molar-refractivity contribution in [2.24, 2.45) is 0 Å². The molecule has 0 fully saturated rings. The normalized spacial score (nSPS) is 11.1. The quantitative estimate of drug-likeness (QED) is 0.270. The van der Waals surface area contributed by atoms with Crippen molar-refractivity contribution in [3.8, 4) is 16.9 Å². The largest absolute Gasteiger partial charge is 0.463 e. The molecular formula is C25H18O4. The van der Waals surface area contributed by atoms with Crippen molar-refractivity contribution in [1.29, 1.82) is 0 Å². The molecule has 0 aliphatic heterocycles. The number of fused-ring (bicyclic) bond motifs is 1. The van der Waals surface area contributed by atoms with Gasteiger partial charge in [-0.1, -0.05) is 60.2 Å². The Kier molecular flexibility index (Phi) is 5.08. The second-order valence-corrected chi connectivity index (χ2v) is 6.67. The molecule has 0 saturated carbocycles. The topological polar surface area (TPSA) is 56.5 Å². The van der Waals surface area contributed by atoms with Gasteiger partial charge in [-0.3, -0.25) is 4.79 Å². The lowest BCUT2D eigenvalue weighted by Gasteiger charge is -2.05. The van der Waals surface area contributed by atoms with Crippen molar-refractivity contribution in [3.63, 3.8) is 0 Å². The van der Waals surface area contributed by atoms with Crippen LogP contribution in [0.1, 0.15) is 11.1 Å². The summed E-state index contributed by atoms with van der Waals surface area (Å²) in [6.07, 6.45) is 4.49. The Morgan fingerprint density at radius 3 is 2.48 bits per heavy atom. The first-order valence-corrected chi connectivity index (χ1v) is 9.18. The minimum absolute atomic E-state index is 0.130. The number of ether oxygens (including phenoxy) is 1. The summed E-state index contributed by atoms with van der Waals surface area (Å²) in [7, 11) is 0. The van der Waals surface area contributed by atoms with Gasteiger partial charge in [-0.05, 0) is 36.3 Å². The van der Waals surface area contributed by atoms with Crippen LogP contribution in [0.25, 0.3) is 28.2 Å². The third-order valence-electron chi connectivity index (χ3n) is 4.54. The monoisotopic (exact) mass is 382 g/mol. The van der Waals surface area contributed by atoms with Crippen LogP contribution >= 0.6 is 0 Å². The van der Waals surface area contributed by atoms with Crippen LogP contribution in [-0.2, 0) is 4.79 Å². The Balaban J connectivity index is 1.55. The first-order chi connectivity index (χ1) is 14.1. The van der Waals surface area contributed by atoms with Gasteiger partial charge in [-0.2, -0.15) is 0 Å². The van der Waals surface area contributed by atoms with Gasteiger partial charge in [-0.25, -0.2) is 4.79 Å². The molecule has 4 nitrogen and oxygen atoms in total. The van der Waals surface area contributed by atoms with Gasteiger partial charge >= 0.3 is 5.97 Å². The molecule has 4 aromatic rings. The predicted octanol–water partition coefficient (Wildman–Crippen LogP) is 5.39. The fourth-order valence-electron chi connectivity index (χ4n) is 2.98. The van der Waals surface area contributed by atoms with Crippen molar-refractivity contribution in [1.82, 2.24) is 0 Å². The average Bonchev–Trinajstić information content (AvgIpc) is 2.74. The first kappa shape index (κ1) is 18.4. The number of carbonyl (C=O) groups excluding carboxylic acids is 1. The average molecular weight is 382 g/mol.